The summed E-state index contributed by atoms with van der Waals surface area (Å²) in [5.41, 5.74) is 4.22. The van der Waals surface area contributed by atoms with Crippen LogP contribution in [0.1, 0.15) is 21.7 Å². The molecule has 1 amide bonds. The van der Waals surface area contributed by atoms with Gasteiger partial charge < -0.3 is 10.6 Å². The second kappa shape index (κ2) is 8.96. The number of hydrogen-bond donors (Lipinski definition) is 2. The third-order valence-corrected chi connectivity index (χ3v) is 4.51. The quantitative estimate of drug-likeness (QED) is 0.502. The highest BCUT2D eigenvalue weighted by atomic mass is 16.1. The molecule has 0 aliphatic rings. The summed E-state index contributed by atoms with van der Waals surface area (Å²) in [6.45, 7) is 2.31. The molecule has 0 saturated carbocycles. The third kappa shape index (κ3) is 4.86. The summed E-state index contributed by atoms with van der Waals surface area (Å²) in [6.07, 6.45) is 3.42. The van der Waals surface area contributed by atoms with Crippen LogP contribution in [-0.2, 0) is 6.54 Å². The van der Waals surface area contributed by atoms with Gasteiger partial charge in [-0.3, -0.25) is 9.78 Å². The first-order valence-electron chi connectivity index (χ1n) is 9.63. The zero-order valence-corrected chi connectivity index (χ0v) is 16.5. The van der Waals surface area contributed by atoms with Gasteiger partial charge in [-0.05, 0) is 42.8 Å². The van der Waals surface area contributed by atoms with Crippen molar-refractivity contribution in [2.75, 3.05) is 5.32 Å². The van der Waals surface area contributed by atoms with Crippen molar-refractivity contribution in [3.8, 4) is 11.3 Å². The number of amides is 1. The molecule has 30 heavy (non-hydrogen) atoms. The second-order valence-corrected chi connectivity index (χ2v) is 6.80. The Morgan fingerprint density at radius 2 is 1.70 bits per heavy atom. The number of hydrogen-bond acceptors (Lipinski definition) is 5. The van der Waals surface area contributed by atoms with E-state index in [-0.39, 0.29) is 5.91 Å². The number of pyridine rings is 1. The van der Waals surface area contributed by atoms with E-state index in [0.717, 1.165) is 22.5 Å². The summed E-state index contributed by atoms with van der Waals surface area (Å²) in [4.78, 5) is 25.5. The van der Waals surface area contributed by atoms with Crippen molar-refractivity contribution >= 4 is 17.4 Å². The average Bonchev–Trinajstić information content (AvgIpc) is 2.78. The lowest BCUT2D eigenvalue weighted by Crippen LogP contribution is -2.22. The van der Waals surface area contributed by atoms with E-state index in [0.29, 0.717) is 23.8 Å². The van der Waals surface area contributed by atoms with Crippen LogP contribution < -0.4 is 10.6 Å². The summed E-state index contributed by atoms with van der Waals surface area (Å²) in [5, 5.41) is 6.21. The van der Waals surface area contributed by atoms with E-state index < -0.39 is 0 Å². The number of rotatable bonds is 6. The molecule has 6 nitrogen and oxygen atoms in total. The van der Waals surface area contributed by atoms with Crippen LogP contribution in [0.15, 0.2) is 85.2 Å². The van der Waals surface area contributed by atoms with Crippen LogP contribution in [0.3, 0.4) is 0 Å². The van der Waals surface area contributed by atoms with Crippen LogP contribution in [0.25, 0.3) is 11.3 Å². The summed E-state index contributed by atoms with van der Waals surface area (Å²) >= 11 is 0. The Bertz CT molecular complexity index is 1150. The van der Waals surface area contributed by atoms with Crippen molar-refractivity contribution in [2.24, 2.45) is 0 Å². The minimum atomic E-state index is -0.140. The fraction of sp³-hybridized carbons (Fsp3) is 0.0833. The van der Waals surface area contributed by atoms with Crippen LogP contribution in [0.4, 0.5) is 11.5 Å². The number of aromatic nitrogens is 3. The number of nitrogens with one attached hydrogen (secondary N) is 2. The second-order valence-electron chi connectivity index (χ2n) is 6.80. The van der Waals surface area contributed by atoms with E-state index in [1.165, 1.54) is 0 Å². The lowest BCUT2D eigenvalue weighted by atomic mass is 10.1. The minimum absolute atomic E-state index is 0.140. The van der Waals surface area contributed by atoms with Gasteiger partial charge in [0, 0.05) is 41.8 Å². The maximum atomic E-state index is 12.5. The van der Waals surface area contributed by atoms with Gasteiger partial charge in [-0.2, -0.15) is 0 Å². The normalized spacial score (nSPS) is 10.4. The first-order chi connectivity index (χ1) is 14.7. The standard InChI is InChI=1S/C24H21N5O/c1-17-27-22(19-6-3-2-4-7-19)15-23(28-17)29-21-9-5-8-20(14-21)24(30)26-16-18-10-12-25-13-11-18/h2-15H,16H2,1H3,(H,26,30)(H,27,28,29). The first-order valence-corrected chi connectivity index (χ1v) is 9.63. The molecule has 0 saturated heterocycles. The Labute approximate surface area is 175 Å². The van der Waals surface area contributed by atoms with Gasteiger partial charge in [-0.25, -0.2) is 9.97 Å². The van der Waals surface area contributed by atoms with Crippen LogP contribution in [0.5, 0.6) is 0 Å². The van der Waals surface area contributed by atoms with Crippen LogP contribution in [-0.4, -0.2) is 20.9 Å². The molecule has 2 aromatic heterocycles. The Hall–Kier alpha value is -4.06. The van der Waals surface area contributed by atoms with E-state index in [2.05, 4.69) is 25.6 Å². The molecule has 0 spiro atoms. The Morgan fingerprint density at radius 1 is 0.900 bits per heavy atom. The molecule has 0 bridgehead atoms. The molecule has 6 heteroatoms. The van der Waals surface area contributed by atoms with Crippen molar-refractivity contribution < 1.29 is 4.79 Å². The summed E-state index contributed by atoms with van der Waals surface area (Å²) in [6, 6.07) is 22.9. The predicted octanol–water partition coefficient (Wildman–Crippen LogP) is 4.52. The van der Waals surface area contributed by atoms with Crippen molar-refractivity contribution in [3.63, 3.8) is 0 Å². The minimum Gasteiger partial charge on any atom is -0.348 e. The molecule has 0 aliphatic heterocycles. The largest absolute Gasteiger partial charge is 0.348 e. The lowest BCUT2D eigenvalue weighted by molar-refractivity contribution is 0.0951. The predicted molar refractivity (Wildman–Crippen MR) is 117 cm³/mol. The zero-order chi connectivity index (χ0) is 20.8. The highest BCUT2D eigenvalue weighted by molar-refractivity contribution is 5.95. The lowest BCUT2D eigenvalue weighted by Gasteiger charge is -2.10. The van der Waals surface area contributed by atoms with Crippen LogP contribution in [0, 0.1) is 6.92 Å². The van der Waals surface area contributed by atoms with E-state index >= 15 is 0 Å². The molecular weight excluding hydrogens is 374 g/mol. The number of nitrogens with zero attached hydrogens (tertiary/aromatic N) is 3. The fourth-order valence-corrected chi connectivity index (χ4v) is 3.06. The molecule has 0 fully saturated rings. The number of benzene rings is 2. The van der Waals surface area contributed by atoms with E-state index in [9.17, 15) is 4.79 Å². The Kier molecular flexibility index (Phi) is 5.75. The molecule has 0 atom stereocenters. The highest BCUT2D eigenvalue weighted by Gasteiger charge is 2.08. The highest BCUT2D eigenvalue weighted by Crippen LogP contribution is 2.22. The summed E-state index contributed by atoms with van der Waals surface area (Å²) in [5.74, 6) is 1.21. The maximum Gasteiger partial charge on any atom is 0.251 e. The van der Waals surface area contributed by atoms with Crippen molar-refractivity contribution in [1.29, 1.82) is 0 Å². The molecule has 2 N–H and O–H groups in total. The number of aryl methyl sites for hydroxylation is 1. The molecule has 4 rings (SSSR count). The molecule has 2 aromatic carbocycles. The van der Waals surface area contributed by atoms with Crippen molar-refractivity contribution in [3.05, 3.63) is 102 Å². The topological polar surface area (TPSA) is 79.8 Å². The van der Waals surface area contributed by atoms with E-state index in [1.54, 1.807) is 18.5 Å². The van der Waals surface area contributed by atoms with E-state index in [4.69, 9.17) is 0 Å². The van der Waals surface area contributed by atoms with Crippen molar-refractivity contribution in [1.82, 2.24) is 20.3 Å². The molecule has 0 unspecified atom stereocenters. The molecule has 0 radical (unpaired) electrons. The number of carbonyl (C=O) groups excluding carboxylic acids is 1. The van der Waals surface area contributed by atoms with E-state index in [1.807, 2.05) is 73.7 Å². The zero-order valence-electron chi connectivity index (χ0n) is 16.5. The maximum absolute atomic E-state index is 12.5. The summed E-state index contributed by atoms with van der Waals surface area (Å²) in [7, 11) is 0. The number of anilines is 2. The van der Waals surface area contributed by atoms with Gasteiger partial charge >= 0.3 is 0 Å². The molecule has 148 valence electrons. The monoisotopic (exact) mass is 395 g/mol. The van der Waals surface area contributed by atoms with Crippen LogP contribution >= 0.6 is 0 Å². The molecule has 2 heterocycles. The smallest absolute Gasteiger partial charge is 0.251 e. The fourth-order valence-electron chi connectivity index (χ4n) is 3.06. The third-order valence-electron chi connectivity index (χ3n) is 4.51. The van der Waals surface area contributed by atoms with Gasteiger partial charge in [0.25, 0.3) is 5.91 Å². The first kappa shape index (κ1) is 19.3. The van der Waals surface area contributed by atoms with Crippen LogP contribution in [0.2, 0.25) is 0 Å². The molecule has 4 aromatic rings. The van der Waals surface area contributed by atoms with Crippen molar-refractivity contribution in [2.45, 2.75) is 13.5 Å². The van der Waals surface area contributed by atoms with Gasteiger partial charge in [-0.15, -0.1) is 0 Å². The van der Waals surface area contributed by atoms with Gasteiger partial charge in [0.1, 0.15) is 11.6 Å². The summed E-state index contributed by atoms with van der Waals surface area (Å²) < 4.78 is 0. The Morgan fingerprint density at radius 3 is 2.50 bits per heavy atom. The van der Waals surface area contributed by atoms with Gasteiger partial charge in [0.2, 0.25) is 0 Å². The van der Waals surface area contributed by atoms with Gasteiger partial charge in [0.15, 0.2) is 0 Å². The number of carbonyl (C=O) groups is 1. The SMILES string of the molecule is Cc1nc(Nc2cccc(C(=O)NCc3ccncc3)c2)cc(-c2ccccc2)n1. The Balaban J connectivity index is 1.49. The molecular formula is C24H21N5O. The average molecular weight is 395 g/mol. The molecule has 0 aliphatic carbocycles. The van der Waals surface area contributed by atoms with Gasteiger partial charge in [-0.1, -0.05) is 36.4 Å². The van der Waals surface area contributed by atoms with Gasteiger partial charge in [0.05, 0.1) is 5.69 Å².